The van der Waals surface area contributed by atoms with E-state index in [-0.39, 0.29) is 6.61 Å². The van der Waals surface area contributed by atoms with Crippen molar-refractivity contribution >= 4 is 16.8 Å². The normalized spacial score (nSPS) is 11.1. The molecule has 3 N–H and O–H groups in total. The summed E-state index contributed by atoms with van der Waals surface area (Å²) >= 11 is 0. The Kier molecular flexibility index (Phi) is 3.04. The zero-order chi connectivity index (χ0) is 14.1. The molecule has 5 heteroatoms. The monoisotopic (exact) mass is 270 g/mol. The molecule has 0 aliphatic carbocycles. The van der Waals surface area contributed by atoms with Crippen molar-refractivity contribution < 1.29 is 9.52 Å². The molecule has 3 rings (SSSR count). The third-order valence-electron chi connectivity index (χ3n) is 3.24. The number of oxazole rings is 1. The molecule has 0 bridgehead atoms. The minimum atomic E-state index is -0.406. The highest BCUT2D eigenvalue weighted by Crippen LogP contribution is 2.17. The second-order valence-corrected chi connectivity index (χ2v) is 4.66. The van der Waals surface area contributed by atoms with Crippen LogP contribution in [-0.2, 0) is 13.2 Å². The number of anilines is 1. The number of aliphatic hydroxyl groups excluding tert-OH is 1. The summed E-state index contributed by atoms with van der Waals surface area (Å²) in [7, 11) is 0. The van der Waals surface area contributed by atoms with E-state index in [1.807, 2.05) is 24.3 Å². The lowest BCUT2D eigenvalue weighted by atomic mass is 10.1. The number of hydrogen-bond donors (Lipinski definition) is 2. The van der Waals surface area contributed by atoms with Crippen LogP contribution >= 0.6 is 0 Å². The summed E-state index contributed by atoms with van der Waals surface area (Å²) in [5.74, 6) is -0.406. The molecule has 0 radical (unpaired) electrons. The van der Waals surface area contributed by atoms with Crippen molar-refractivity contribution in [3.63, 3.8) is 0 Å². The Morgan fingerprint density at radius 3 is 2.50 bits per heavy atom. The average Bonchev–Trinajstić information content (AvgIpc) is 2.75. The third-order valence-corrected chi connectivity index (χ3v) is 3.24. The van der Waals surface area contributed by atoms with Crippen molar-refractivity contribution in [3.05, 3.63) is 64.1 Å². The van der Waals surface area contributed by atoms with Crippen LogP contribution in [0, 0.1) is 0 Å². The second-order valence-electron chi connectivity index (χ2n) is 4.66. The second kappa shape index (κ2) is 4.86. The van der Waals surface area contributed by atoms with Crippen molar-refractivity contribution in [1.82, 2.24) is 4.57 Å². The number of nitrogens with zero attached hydrogens (tertiary/aromatic N) is 1. The number of rotatable bonds is 3. The van der Waals surface area contributed by atoms with E-state index >= 15 is 0 Å². The smallest absolute Gasteiger partial charge is 0.408 e. The molecule has 0 saturated carbocycles. The van der Waals surface area contributed by atoms with Crippen LogP contribution in [0.3, 0.4) is 0 Å². The largest absolute Gasteiger partial charge is 0.420 e. The molecule has 102 valence electrons. The lowest BCUT2D eigenvalue weighted by molar-refractivity contribution is 0.282. The lowest BCUT2D eigenvalue weighted by Gasteiger charge is -2.04. The predicted octanol–water partition coefficient (Wildman–Crippen LogP) is 1.72. The van der Waals surface area contributed by atoms with Gasteiger partial charge in [-0.3, -0.25) is 4.57 Å². The van der Waals surface area contributed by atoms with Gasteiger partial charge in [0.15, 0.2) is 5.58 Å². The van der Waals surface area contributed by atoms with Gasteiger partial charge in [-0.05, 0) is 23.3 Å². The van der Waals surface area contributed by atoms with Crippen molar-refractivity contribution in [2.45, 2.75) is 13.2 Å². The van der Waals surface area contributed by atoms with Crippen LogP contribution in [0.15, 0.2) is 51.7 Å². The van der Waals surface area contributed by atoms with Crippen LogP contribution in [0.25, 0.3) is 11.1 Å². The fraction of sp³-hybridized carbons (Fsp3) is 0.133. The Morgan fingerprint density at radius 2 is 1.80 bits per heavy atom. The first-order valence-corrected chi connectivity index (χ1v) is 6.25. The van der Waals surface area contributed by atoms with Crippen LogP contribution < -0.4 is 11.5 Å². The highest BCUT2D eigenvalue weighted by molar-refractivity contribution is 5.76. The van der Waals surface area contributed by atoms with Gasteiger partial charge in [0.05, 0.1) is 18.7 Å². The molecule has 3 aromatic rings. The third kappa shape index (κ3) is 2.19. The zero-order valence-corrected chi connectivity index (χ0v) is 10.7. The van der Waals surface area contributed by atoms with Crippen LogP contribution in [-0.4, -0.2) is 9.67 Å². The van der Waals surface area contributed by atoms with E-state index in [0.717, 1.165) is 16.6 Å². The van der Waals surface area contributed by atoms with Crippen molar-refractivity contribution in [2.24, 2.45) is 0 Å². The molecule has 0 spiro atoms. The minimum absolute atomic E-state index is 0.00808. The number of nitrogen functional groups attached to an aromatic ring is 1. The maximum atomic E-state index is 11.9. The molecular weight excluding hydrogens is 256 g/mol. The molecule has 0 amide bonds. The summed E-state index contributed by atoms with van der Waals surface area (Å²) in [6.07, 6.45) is 0. The van der Waals surface area contributed by atoms with Gasteiger partial charge in [-0.25, -0.2) is 4.79 Å². The van der Waals surface area contributed by atoms with Gasteiger partial charge < -0.3 is 15.3 Å². The number of hydrogen-bond acceptors (Lipinski definition) is 4. The molecule has 5 nitrogen and oxygen atoms in total. The Bertz CT molecular complexity index is 800. The summed E-state index contributed by atoms with van der Waals surface area (Å²) < 4.78 is 6.74. The Balaban J connectivity index is 2.01. The minimum Gasteiger partial charge on any atom is -0.408 e. The number of benzene rings is 2. The standard InChI is InChI=1S/C15H14N2O3/c16-12-5-6-13-14(7-12)20-15(19)17(13)8-10-1-3-11(9-18)4-2-10/h1-7,18H,8-9,16H2. The molecule has 0 aliphatic rings. The molecule has 0 atom stereocenters. The van der Waals surface area contributed by atoms with Crippen LogP contribution in [0.1, 0.15) is 11.1 Å². The molecule has 20 heavy (non-hydrogen) atoms. The maximum Gasteiger partial charge on any atom is 0.420 e. The van der Waals surface area contributed by atoms with E-state index in [0.29, 0.717) is 17.8 Å². The topological polar surface area (TPSA) is 81.4 Å². The van der Waals surface area contributed by atoms with E-state index < -0.39 is 5.76 Å². The van der Waals surface area contributed by atoms with Gasteiger partial charge in [-0.1, -0.05) is 24.3 Å². The van der Waals surface area contributed by atoms with Gasteiger partial charge in [-0.2, -0.15) is 0 Å². The molecule has 0 unspecified atom stereocenters. The van der Waals surface area contributed by atoms with E-state index in [9.17, 15) is 4.79 Å². The van der Waals surface area contributed by atoms with Gasteiger partial charge in [0.25, 0.3) is 0 Å². The highest BCUT2D eigenvalue weighted by atomic mass is 16.4. The van der Waals surface area contributed by atoms with Crippen LogP contribution in [0.5, 0.6) is 0 Å². The van der Waals surface area contributed by atoms with Crippen molar-refractivity contribution in [1.29, 1.82) is 0 Å². The van der Waals surface area contributed by atoms with Crippen LogP contribution in [0.2, 0.25) is 0 Å². The molecule has 1 aromatic heterocycles. The lowest BCUT2D eigenvalue weighted by Crippen LogP contribution is -2.14. The van der Waals surface area contributed by atoms with E-state index in [2.05, 4.69) is 0 Å². The number of fused-ring (bicyclic) bond motifs is 1. The average molecular weight is 270 g/mol. The van der Waals surface area contributed by atoms with Gasteiger partial charge in [0.1, 0.15) is 0 Å². The first-order chi connectivity index (χ1) is 9.67. The molecule has 2 aromatic carbocycles. The van der Waals surface area contributed by atoms with Gasteiger partial charge >= 0.3 is 5.76 Å². The summed E-state index contributed by atoms with van der Waals surface area (Å²) in [6.45, 7) is 0.426. The molecule has 0 aliphatic heterocycles. The van der Waals surface area contributed by atoms with Crippen molar-refractivity contribution in [2.75, 3.05) is 5.73 Å². The van der Waals surface area contributed by atoms with E-state index in [4.69, 9.17) is 15.3 Å². The molecule has 0 saturated heterocycles. The van der Waals surface area contributed by atoms with Gasteiger partial charge in [-0.15, -0.1) is 0 Å². The van der Waals surface area contributed by atoms with Gasteiger partial charge in [0.2, 0.25) is 0 Å². The quantitative estimate of drug-likeness (QED) is 0.710. The zero-order valence-electron chi connectivity index (χ0n) is 10.7. The SMILES string of the molecule is Nc1ccc2c(c1)oc(=O)n2Cc1ccc(CO)cc1. The molecular formula is C15H14N2O3. The maximum absolute atomic E-state index is 11.9. The van der Waals surface area contributed by atoms with E-state index in [1.54, 1.807) is 22.8 Å². The summed E-state index contributed by atoms with van der Waals surface area (Å²) in [6, 6.07) is 12.6. The summed E-state index contributed by atoms with van der Waals surface area (Å²) in [4.78, 5) is 11.9. The number of aliphatic hydroxyl groups is 1. The van der Waals surface area contributed by atoms with Gasteiger partial charge in [0, 0.05) is 11.8 Å². The van der Waals surface area contributed by atoms with E-state index in [1.165, 1.54) is 0 Å². The summed E-state index contributed by atoms with van der Waals surface area (Å²) in [5.41, 5.74) is 9.24. The molecule has 0 fully saturated rings. The molecule has 1 heterocycles. The Morgan fingerprint density at radius 1 is 1.10 bits per heavy atom. The Labute approximate surface area is 114 Å². The van der Waals surface area contributed by atoms with Crippen LogP contribution in [0.4, 0.5) is 5.69 Å². The summed E-state index contributed by atoms with van der Waals surface area (Å²) in [5, 5.41) is 9.01. The Hall–Kier alpha value is -2.53. The first kappa shape index (κ1) is 12.5. The number of nitrogens with two attached hydrogens (primary N) is 1. The first-order valence-electron chi connectivity index (χ1n) is 6.25. The fourth-order valence-electron chi connectivity index (χ4n) is 2.17. The highest BCUT2D eigenvalue weighted by Gasteiger charge is 2.09. The predicted molar refractivity (Wildman–Crippen MR) is 76.4 cm³/mol. The fourth-order valence-corrected chi connectivity index (χ4v) is 2.17. The van der Waals surface area contributed by atoms with Crippen molar-refractivity contribution in [3.8, 4) is 0 Å². The number of aromatic nitrogens is 1.